The fourth-order valence-electron chi connectivity index (χ4n) is 2.04. The van der Waals surface area contributed by atoms with Crippen LogP contribution in [0.5, 0.6) is 0 Å². The second-order valence-electron chi connectivity index (χ2n) is 4.56. The fourth-order valence-corrected chi connectivity index (χ4v) is 2.04. The third-order valence-corrected chi connectivity index (χ3v) is 3.41. The van der Waals surface area contributed by atoms with Gasteiger partial charge in [-0.1, -0.05) is 13.8 Å². The van der Waals surface area contributed by atoms with Gasteiger partial charge in [-0.2, -0.15) is 0 Å². The van der Waals surface area contributed by atoms with Crippen LogP contribution in [0.15, 0.2) is 0 Å². The van der Waals surface area contributed by atoms with Crippen molar-refractivity contribution in [2.24, 2.45) is 17.3 Å². The first-order valence-electron chi connectivity index (χ1n) is 4.69. The molecule has 1 aliphatic carbocycles. The zero-order valence-electron chi connectivity index (χ0n) is 8.13. The van der Waals surface area contributed by atoms with Crippen molar-refractivity contribution >= 4 is 5.97 Å². The molecular weight excluding hydrogens is 152 g/mol. The number of carboxylic acid groups (broad SMARTS) is 1. The van der Waals surface area contributed by atoms with Crippen LogP contribution in [0, 0.1) is 17.3 Å². The third-order valence-electron chi connectivity index (χ3n) is 3.41. The molecule has 3 atom stereocenters. The Morgan fingerprint density at radius 2 is 2.00 bits per heavy atom. The van der Waals surface area contributed by atoms with E-state index in [1.54, 1.807) is 0 Å². The van der Waals surface area contributed by atoms with E-state index in [-0.39, 0.29) is 0 Å². The normalized spacial score (nSPS) is 42.6. The molecule has 1 N–H and O–H groups in total. The van der Waals surface area contributed by atoms with E-state index in [9.17, 15) is 4.79 Å². The highest BCUT2D eigenvalue weighted by Crippen LogP contribution is 2.41. The van der Waals surface area contributed by atoms with E-state index >= 15 is 0 Å². The Morgan fingerprint density at radius 3 is 2.42 bits per heavy atom. The van der Waals surface area contributed by atoms with Gasteiger partial charge in [-0.15, -0.1) is 0 Å². The summed E-state index contributed by atoms with van der Waals surface area (Å²) in [6.45, 7) is 6.24. The van der Waals surface area contributed by atoms with Crippen molar-refractivity contribution in [3.63, 3.8) is 0 Å². The molecule has 2 nitrogen and oxygen atoms in total. The molecule has 0 radical (unpaired) electrons. The zero-order valence-corrected chi connectivity index (χ0v) is 8.13. The Morgan fingerprint density at radius 1 is 1.42 bits per heavy atom. The molecule has 2 heteroatoms. The van der Waals surface area contributed by atoms with E-state index in [2.05, 4.69) is 13.8 Å². The summed E-state index contributed by atoms with van der Waals surface area (Å²) in [5, 5.41) is 9.00. The van der Waals surface area contributed by atoms with Crippen LogP contribution >= 0.6 is 0 Å². The molecule has 0 aliphatic heterocycles. The lowest BCUT2D eigenvalue weighted by Gasteiger charge is -2.37. The second kappa shape index (κ2) is 3.08. The molecular formula is C10H18O2. The molecule has 0 aromatic heterocycles. The topological polar surface area (TPSA) is 37.3 Å². The standard InChI is InChI=1S/C10H18O2/c1-7-4-5-10(3,9(11)12)6-8(7)2/h7-8H,4-6H2,1-3H3,(H,11,12)/t7-,8-,10-/m1/s1. The van der Waals surface area contributed by atoms with Crippen LogP contribution in [0.1, 0.15) is 40.0 Å². The number of rotatable bonds is 1. The summed E-state index contributed by atoms with van der Waals surface area (Å²) in [4.78, 5) is 10.9. The van der Waals surface area contributed by atoms with E-state index in [1.807, 2.05) is 6.92 Å². The number of hydrogen-bond acceptors (Lipinski definition) is 1. The maximum Gasteiger partial charge on any atom is 0.309 e. The van der Waals surface area contributed by atoms with Crippen molar-refractivity contribution < 1.29 is 9.90 Å². The first-order chi connectivity index (χ1) is 5.46. The zero-order chi connectivity index (χ0) is 9.35. The van der Waals surface area contributed by atoms with Crippen molar-refractivity contribution in [2.75, 3.05) is 0 Å². The lowest BCUT2D eigenvalue weighted by atomic mass is 9.67. The summed E-state index contributed by atoms with van der Waals surface area (Å²) in [5.74, 6) is 0.624. The Kier molecular flexibility index (Phi) is 2.45. The molecule has 1 rings (SSSR count). The largest absolute Gasteiger partial charge is 0.481 e. The molecule has 0 heterocycles. The summed E-state index contributed by atoms with van der Waals surface area (Å²) in [6, 6.07) is 0. The van der Waals surface area contributed by atoms with E-state index in [0.29, 0.717) is 11.8 Å². The molecule has 0 aromatic rings. The lowest BCUT2D eigenvalue weighted by molar-refractivity contribution is -0.151. The van der Waals surface area contributed by atoms with Crippen LogP contribution in [-0.4, -0.2) is 11.1 Å². The van der Waals surface area contributed by atoms with Gasteiger partial charge >= 0.3 is 5.97 Å². The van der Waals surface area contributed by atoms with Gasteiger partial charge < -0.3 is 5.11 Å². The van der Waals surface area contributed by atoms with E-state index in [0.717, 1.165) is 19.3 Å². The quantitative estimate of drug-likeness (QED) is 0.656. The average Bonchev–Trinajstić information content (AvgIpc) is 1.97. The molecule has 1 saturated carbocycles. The Labute approximate surface area is 74.0 Å². The Balaban J connectivity index is 2.66. The number of carbonyl (C=O) groups is 1. The van der Waals surface area contributed by atoms with Gasteiger partial charge in [0.05, 0.1) is 5.41 Å². The van der Waals surface area contributed by atoms with Gasteiger partial charge in [0, 0.05) is 0 Å². The van der Waals surface area contributed by atoms with E-state index < -0.39 is 11.4 Å². The minimum Gasteiger partial charge on any atom is -0.481 e. The summed E-state index contributed by atoms with van der Waals surface area (Å²) in [6.07, 6.45) is 2.74. The molecule has 70 valence electrons. The van der Waals surface area contributed by atoms with Crippen molar-refractivity contribution in [1.29, 1.82) is 0 Å². The minimum absolute atomic E-state index is 0.452. The molecule has 1 aliphatic rings. The molecule has 0 aromatic carbocycles. The first-order valence-corrected chi connectivity index (χ1v) is 4.69. The number of carboxylic acids is 1. The summed E-state index contributed by atoms with van der Waals surface area (Å²) in [5.41, 5.74) is -0.452. The molecule has 0 bridgehead atoms. The van der Waals surface area contributed by atoms with Gasteiger partial charge in [-0.25, -0.2) is 0 Å². The fraction of sp³-hybridized carbons (Fsp3) is 0.900. The highest BCUT2D eigenvalue weighted by Gasteiger charge is 2.39. The number of hydrogen-bond donors (Lipinski definition) is 1. The predicted molar refractivity (Wildman–Crippen MR) is 47.9 cm³/mol. The summed E-state index contributed by atoms with van der Waals surface area (Å²) in [7, 11) is 0. The first kappa shape index (κ1) is 9.56. The molecule has 0 unspecified atom stereocenters. The van der Waals surface area contributed by atoms with Crippen LogP contribution in [-0.2, 0) is 4.79 Å². The molecule has 0 spiro atoms. The average molecular weight is 170 g/mol. The van der Waals surface area contributed by atoms with Crippen LogP contribution < -0.4 is 0 Å². The molecule has 0 amide bonds. The number of aliphatic carboxylic acids is 1. The second-order valence-corrected chi connectivity index (χ2v) is 4.56. The van der Waals surface area contributed by atoms with Gasteiger partial charge in [0.1, 0.15) is 0 Å². The minimum atomic E-state index is -0.624. The third kappa shape index (κ3) is 1.62. The monoisotopic (exact) mass is 170 g/mol. The molecule has 12 heavy (non-hydrogen) atoms. The molecule has 0 saturated heterocycles. The van der Waals surface area contributed by atoms with Crippen LogP contribution in [0.3, 0.4) is 0 Å². The highest BCUT2D eigenvalue weighted by atomic mass is 16.4. The lowest BCUT2D eigenvalue weighted by Crippen LogP contribution is -2.35. The van der Waals surface area contributed by atoms with Crippen molar-refractivity contribution in [3.8, 4) is 0 Å². The van der Waals surface area contributed by atoms with Gasteiger partial charge in [0.25, 0.3) is 0 Å². The van der Waals surface area contributed by atoms with Crippen molar-refractivity contribution in [3.05, 3.63) is 0 Å². The summed E-state index contributed by atoms with van der Waals surface area (Å²) >= 11 is 0. The Hall–Kier alpha value is -0.530. The maximum atomic E-state index is 10.9. The smallest absolute Gasteiger partial charge is 0.309 e. The van der Waals surface area contributed by atoms with E-state index in [1.165, 1.54) is 0 Å². The molecule has 1 fully saturated rings. The van der Waals surface area contributed by atoms with E-state index in [4.69, 9.17) is 5.11 Å². The van der Waals surface area contributed by atoms with Gasteiger partial charge in [0.2, 0.25) is 0 Å². The Bertz CT molecular complexity index is 188. The van der Waals surface area contributed by atoms with Gasteiger partial charge in [-0.3, -0.25) is 4.79 Å². The van der Waals surface area contributed by atoms with Crippen LogP contribution in [0.25, 0.3) is 0 Å². The van der Waals surface area contributed by atoms with Gasteiger partial charge in [0.15, 0.2) is 0 Å². The van der Waals surface area contributed by atoms with Crippen molar-refractivity contribution in [2.45, 2.75) is 40.0 Å². The van der Waals surface area contributed by atoms with Crippen molar-refractivity contribution in [1.82, 2.24) is 0 Å². The SMILES string of the molecule is C[C@@H]1CC[C@@](C)(C(=O)O)C[C@H]1C. The maximum absolute atomic E-state index is 10.9. The highest BCUT2D eigenvalue weighted by molar-refractivity contribution is 5.74. The van der Waals surface area contributed by atoms with Crippen LogP contribution in [0.2, 0.25) is 0 Å². The van der Waals surface area contributed by atoms with Gasteiger partial charge in [-0.05, 0) is 38.0 Å². The predicted octanol–water partition coefficient (Wildman–Crippen LogP) is 2.53. The van der Waals surface area contributed by atoms with Crippen LogP contribution in [0.4, 0.5) is 0 Å². The summed E-state index contributed by atoms with van der Waals surface area (Å²) < 4.78 is 0.